The minimum atomic E-state index is -0.796. The zero-order valence-corrected chi connectivity index (χ0v) is 11.8. The Morgan fingerprint density at radius 1 is 1.40 bits per heavy atom. The summed E-state index contributed by atoms with van der Waals surface area (Å²) in [5, 5.41) is 3.43. The number of methoxy groups -OCH3 is 1. The Balaban J connectivity index is 2.72. The van der Waals surface area contributed by atoms with Crippen molar-refractivity contribution in [1.29, 1.82) is 0 Å². The minimum absolute atomic E-state index is 0.0931. The molecule has 0 aliphatic rings. The number of rotatable bonds is 4. The minimum Gasteiger partial charge on any atom is -0.496 e. The molecule has 0 radical (unpaired) electrons. The van der Waals surface area contributed by atoms with Crippen LogP contribution in [0.5, 0.6) is 5.75 Å². The van der Waals surface area contributed by atoms with Crippen LogP contribution in [0, 0.1) is 0 Å². The summed E-state index contributed by atoms with van der Waals surface area (Å²) in [4.78, 5) is 23.3. The van der Waals surface area contributed by atoms with E-state index >= 15 is 0 Å². The average Bonchev–Trinajstić information content (AvgIpc) is 2.47. The van der Waals surface area contributed by atoms with Gasteiger partial charge in [0.2, 0.25) is 0 Å². The van der Waals surface area contributed by atoms with Crippen molar-refractivity contribution in [3.8, 4) is 17.0 Å². The van der Waals surface area contributed by atoms with E-state index in [1.165, 1.54) is 10.7 Å². The lowest BCUT2D eigenvalue weighted by molar-refractivity contribution is 0.107. The van der Waals surface area contributed by atoms with Crippen LogP contribution >= 0.6 is 11.6 Å². The van der Waals surface area contributed by atoms with E-state index in [0.717, 1.165) is 0 Å². The Labute approximate surface area is 120 Å². The van der Waals surface area contributed by atoms with Gasteiger partial charge in [0.15, 0.2) is 0 Å². The summed E-state index contributed by atoms with van der Waals surface area (Å²) in [6, 6.07) is 8.62. The second kappa shape index (κ2) is 5.88. The number of hydrogen-bond acceptors (Lipinski definition) is 4. The second-order valence-corrected chi connectivity index (χ2v) is 4.38. The van der Waals surface area contributed by atoms with Gasteiger partial charge in [-0.25, -0.2) is 4.68 Å². The van der Waals surface area contributed by atoms with Crippen molar-refractivity contribution >= 4 is 16.8 Å². The van der Waals surface area contributed by atoms with Gasteiger partial charge >= 0.3 is 0 Å². The maximum Gasteiger partial charge on any atom is 0.278 e. The first kappa shape index (κ1) is 14.3. The van der Waals surface area contributed by atoms with Gasteiger partial charge in [-0.1, -0.05) is 12.1 Å². The first-order chi connectivity index (χ1) is 9.58. The molecule has 2 rings (SSSR count). The highest BCUT2D eigenvalue weighted by Gasteiger charge is 2.15. The van der Waals surface area contributed by atoms with Crippen LogP contribution in [-0.2, 0) is 6.54 Å². The Bertz CT molecular complexity index is 710. The number of hydrogen-bond donors (Lipinski definition) is 0. The van der Waals surface area contributed by atoms with Crippen molar-refractivity contribution in [1.82, 2.24) is 9.78 Å². The molecule has 1 heterocycles. The van der Waals surface area contributed by atoms with Crippen LogP contribution < -0.4 is 10.3 Å². The molecule has 0 aliphatic heterocycles. The first-order valence-electron chi connectivity index (χ1n) is 6.03. The highest BCUT2D eigenvalue weighted by Crippen LogP contribution is 2.27. The Hall–Kier alpha value is -2.14. The molecule has 0 saturated carbocycles. The number of aryl methyl sites for hydroxylation is 1. The van der Waals surface area contributed by atoms with Gasteiger partial charge in [-0.3, -0.25) is 9.59 Å². The molecule has 6 heteroatoms. The number of halogens is 1. The molecule has 0 saturated heterocycles. The van der Waals surface area contributed by atoms with Gasteiger partial charge in [0.25, 0.3) is 10.8 Å². The monoisotopic (exact) mass is 292 g/mol. The summed E-state index contributed by atoms with van der Waals surface area (Å²) in [5.41, 5.74) is 0.569. The lowest BCUT2D eigenvalue weighted by atomic mass is 10.1. The van der Waals surface area contributed by atoms with E-state index in [2.05, 4.69) is 5.10 Å². The van der Waals surface area contributed by atoms with Gasteiger partial charge in [-0.15, -0.1) is 0 Å². The SMILES string of the molecule is CCn1nc(-c2ccccc2OC)cc(C(=O)Cl)c1=O. The number of nitrogens with zero attached hydrogens (tertiary/aromatic N) is 2. The van der Waals surface area contributed by atoms with Crippen molar-refractivity contribution < 1.29 is 9.53 Å². The Kier molecular flexibility index (Phi) is 4.20. The van der Waals surface area contributed by atoms with E-state index in [0.29, 0.717) is 23.6 Å². The molecule has 5 nitrogen and oxygen atoms in total. The second-order valence-electron chi connectivity index (χ2n) is 4.04. The molecule has 0 unspecified atom stereocenters. The van der Waals surface area contributed by atoms with Gasteiger partial charge in [0, 0.05) is 12.1 Å². The lowest BCUT2D eigenvalue weighted by Crippen LogP contribution is -2.27. The van der Waals surface area contributed by atoms with E-state index in [4.69, 9.17) is 16.3 Å². The maximum atomic E-state index is 11.9. The van der Waals surface area contributed by atoms with Crippen molar-refractivity contribution in [3.05, 3.63) is 46.2 Å². The first-order valence-corrected chi connectivity index (χ1v) is 6.41. The normalized spacial score (nSPS) is 10.3. The molecule has 0 fully saturated rings. The smallest absolute Gasteiger partial charge is 0.278 e. The molecule has 0 N–H and O–H groups in total. The van der Waals surface area contributed by atoms with E-state index in [9.17, 15) is 9.59 Å². The predicted octanol–water partition coefficient (Wildman–Crippen LogP) is 2.32. The zero-order chi connectivity index (χ0) is 14.7. The number of aromatic nitrogens is 2. The van der Waals surface area contributed by atoms with Gasteiger partial charge in [0.05, 0.1) is 12.8 Å². The number of ether oxygens (including phenoxy) is 1. The molecule has 0 spiro atoms. The van der Waals surface area contributed by atoms with Crippen molar-refractivity contribution in [2.24, 2.45) is 0 Å². The third kappa shape index (κ3) is 2.58. The van der Waals surface area contributed by atoms with Crippen molar-refractivity contribution in [2.45, 2.75) is 13.5 Å². The van der Waals surface area contributed by atoms with Crippen LogP contribution in [0.3, 0.4) is 0 Å². The number of carbonyl (C=O) groups excluding carboxylic acids is 1. The van der Waals surface area contributed by atoms with Crippen LogP contribution in [0.4, 0.5) is 0 Å². The summed E-state index contributed by atoms with van der Waals surface area (Å²) in [5.74, 6) is 0.606. The molecule has 0 amide bonds. The van der Waals surface area contributed by atoms with Crippen molar-refractivity contribution in [3.63, 3.8) is 0 Å². The third-order valence-electron chi connectivity index (χ3n) is 2.87. The summed E-state index contributed by atoms with van der Waals surface area (Å²) in [6.07, 6.45) is 0. The summed E-state index contributed by atoms with van der Waals surface area (Å²) >= 11 is 5.46. The van der Waals surface area contributed by atoms with Gasteiger partial charge in [-0.2, -0.15) is 5.10 Å². The number of para-hydroxylation sites is 1. The standard InChI is InChI=1S/C14H13ClN2O3/c1-3-17-14(19)10(13(15)18)8-11(16-17)9-6-4-5-7-12(9)20-2/h4-8H,3H2,1-2H3. The van der Waals surface area contributed by atoms with E-state index in [1.807, 2.05) is 12.1 Å². The molecule has 2 aromatic rings. The van der Waals surface area contributed by atoms with E-state index < -0.39 is 10.8 Å². The quantitative estimate of drug-likeness (QED) is 0.811. The molecular formula is C14H13ClN2O3. The van der Waals surface area contributed by atoms with Gasteiger partial charge in [-0.05, 0) is 36.7 Å². The fourth-order valence-electron chi connectivity index (χ4n) is 1.88. The van der Waals surface area contributed by atoms with Crippen LogP contribution in [0.15, 0.2) is 35.1 Å². The predicted molar refractivity (Wildman–Crippen MR) is 76.3 cm³/mol. The average molecular weight is 293 g/mol. The molecule has 0 bridgehead atoms. The molecule has 104 valence electrons. The molecule has 0 atom stereocenters. The maximum absolute atomic E-state index is 11.9. The molecule has 1 aromatic heterocycles. The largest absolute Gasteiger partial charge is 0.496 e. The molecule has 0 aliphatic carbocycles. The summed E-state index contributed by atoms with van der Waals surface area (Å²) in [6.45, 7) is 2.11. The van der Waals surface area contributed by atoms with Crippen molar-refractivity contribution in [2.75, 3.05) is 7.11 Å². The number of carbonyl (C=O) groups is 1. The lowest BCUT2D eigenvalue weighted by Gasteiger charge is -2.10. The van der Waals surface area contributed by atoms with Crippen LogP contribution in [-0.4, -0.2) is 22.1 Å². The third-order valence-corrected chi connectivity index (χ3v) is 3.07. The summed E-state index contributed by atoms with van der Waals surface area (Å²) < 4.78 is 6.46. The fraction of sp³-hybridized carbons (Fsp3) is 0.214. The molecule has 1 aromatic carbocycles. The Morgan fingerprint density at radius 3 is 2.70 bits per heavy atom. The number of benzene rings is 1. The highest BCUT2D eigenvalue weighted by atomic mass is 35.5. The Morgan fingerprint density at radius 2 is 2.10 bits per heavy atom. The van der Waals surface area contributed by atoms with Crippen LogP contribution in [0.1, 0.15) is 17.3 Å². The van der Waals surface area contributed by atoms with Gasteiger partial charge in [0.1, 0.15) is 11.3 Å². The fourth-order valence-corrected chi connectivity index (χ4v) is 2.02. The molecular weight excluding hydrogens is 280 g/mol. The molecule has 20 heavy (non-hydrogen) atoms. The van der Waals surface area contributed by atoms with Crippen LogP contribution in [0.25, 0.3) is 11.3 Å². The zero-order valence-electron chi connectivity index (χ0n) is 11.1. The van der Waals surface area contributed by atoms with Crippen LogP contribution in [0.2, 0.25) is 0 Å². The topological polar surface area (TPSA) is 61.2 Å². The van der Waals surface area contributed by atoms with E-state index in [1.54, 1.807) is 26.2 Å². The van der Waals surface area contributed by atoms with E-state index in [-0.39, 0.29) is 5.56 Å². The highest BCUT2D eigenvalue weighted by molar-refractivity contribution is 6.67. The summed E-state index contributed by atoms with van der Waals surface area (Å²) in [7, 11) is 1.54. The van der Waals surface area contributed by atoms with Gasteiger partial charge < -0.3 is 4.74 Å².